The van der Waals surface area contributed by atoms with E-state index in [1.807, 2.05) is 115 Å². The zero-order chi connectivity index (χ0) is 34.6. The number of carboxylic acid groups (broad SMARTS) is 1. The minimum Gasteiger partial charge on any atom is -0.477 e. The molecule has 0 aliphatic heterocycles. The third kappa shape index (κ3) is 7.02. The van der Waals surface area contributed by atoms with Crippen molar-refractivity contribution in [2.45, 2.75) is 0 Å². The molecule has 0 aliphatic rings. The molecule has 7 aromatic carbocycles. The average molecular weight is 854 g/mol. The molecule has 0 saturated heterocycles. The van der Waals surface area contributed by atoms with Gasteiger partial charge in [0.05, 0.1) is 5.52 Å². The Morgan fingerprint density at radius 2 is 0.846 bits per heavy atom. The first-order valence-electron chi connectivity index (χ1n) is 16.1. The molecule has 0 amide bonds. The predicted octanol–water partition coefficient (Wildman–Crippen LogP) is 8.68. The van der Waals surface area contributed by atoms with Crippen LogP contribution in [0.3, 0.4) is 0 Å². The summed E-state index contributed by atoms with van der Waals surface area (Å²) in [6.07, 6.45) is 0. The van der Waals surface area contributed by atoms with Crippen LogP contribution in [0.4, 0.5) is 0 Å². The first-order chi connectivity index (χ1) is 25.1. The van der Waals surface area contributed by atoms with Gasteiger partial charge in [-0.05, 0) is 47.8 Å². The van der Waals surface area contributed by atoms with Gasteiger partial charge in [0.15, 0.2) is 0 Å². The zero-order valence-corrected chi connectivity index (χ0v) is 29.7. The van der Waals surface area contributed by atoms with Crippen molar-refractivity contribution >= 4 is 60.5 Å². The van der Waals surface area contributed by atoms with Gasteiger partial charge in [-0.3, -0.25) is 0 Å². The topological polar surface area (TPSA) is 112 Å². The predicted molar refractivity (Wildman–Crippen MR) is 199 cm³/mol. The van der Waals surface area contributed by atoms with Crippen molar-refractivity contribution in [2.75, 3.05) is 0 Å². The second-order valence-electron chi connectivity index (χ2n) is 11.5. The van der Waals surface area contributed by atoms with Crippen LogP contribution in [0.5, 0.6) is 0 Å². The number of benzene rings is 7. The summed E-state index contributed by atoms with van der Waals surface area (Å²) < 4.78 is 0. The molecule has 0 atom stereocenters. The van der Waals surface area contributed by atoms with Gasteiger partial charge in [-0.1, -0.05) is 84.9 Å². The van der Waals surface area contributed by atoms with Crippen LogP contribution in [0, 0.1) is 12.1 Å². The van der Waals surface area contributed by atoms with Crippen LogP contribution < -0.4 is 0 Å². The molecule has 0 bridgehead atoms. The Hall–Kier alpha value is -6.61. The van der Waals surface area contributed by atoms with Gasteiger partial charge in [0.25, 0.3) is 0 Å². The number of fused-ring (bicyclic) bond motifs is 5. The average Bonchev–Trinajstić information content (AvgIpc) is 3.83. The van der Waals surface area contributed by atoms with Gasteiger partial charge in [-0.15, -0.1) is 33.7 Å². The fourth-order valence-electron chi connectivity index (χ4n) is 5.73. The third-order valence-electron chi connectivity index (χ3n) is 8.19. The van der Waals surface area contributed by atoms with E-state index < -0.39 is 5.97 Å². The summed E-state index contributed by atoms with van der Waals surface area (Å²) in [5.74, 6) is -0.995. The van der Waals surface area contributed by atoms with Crippen molar-refractivity contribution in [3.05, 3.63) is 176 Å². The smallest absolute Gasteiger partial charge is 0.354 e. The van der Waals surface area contributed by atoms with Gasteiger partial charge >= 0.3 is 5.97 Å². The summed E-state index contributed by atoms with van der Waals surface area (Å²) in [7, 11) is 0. The van der Waals surface area contributed by atoms with E-state index in [4.69, 9.17) is 5.11 Å². The van der Waals surface area contributed by atoms with E-state index in [2.05, 4.69) is 61.8 Å². The standard InChI is InChI=1S/2C16H10N3.C10H7NO2.Ir/c2*1-2-8-13-12(6-1)7-5-11-16(13)19-17-14-9-3-4-10-15(14)18-19;12-10(13)9-6-5-7-3-1-2-4-8(7)11-9;/h2*1-10H;1-6H,(H,12,13);/q2*-1;;. The molecule has 253 valence electrons. The zero-order valence-electron chi connectivity index (χ0n) is 27.3. The molecule has 1 radical (unpaired) electrons. The van der Waals surface area contributed by atoms with E-state index >= 15 is 0 Å². The second-order valence-corrected chi connectivity index (χ2v) is 11.5. The number of rotatable bonds is 3. The van der Waals surface area contributed by atoms with E-state index in [0.717, 1.165) is 60.4 Å². The molecule has 3 aromatic heterocycles. The SMILES string of the molecule is O=C(O)c1ccc2ccccc2n1.[Ir].[c-]1ccc2ccccc2c1-n1nc2ccccc2n1.[c-]1ccc2ccccc2c1-n1nc2ccccc2n1. The maximum Gasteiger partial charge on any atom is 0.354 e. The van der Waals surface area contributed by atoms with E-state index in [9.17, 15) is 4.79 Å². The van der Waals surface area contributed by atoms with Crippen molar-refractivity contribution in [1.29, 1.82) is 0 Å². The molecule has 10 aromatic rings. The summed E-state index contributed by atoms with van der Waals surface area (Å²) in [5, 5.41) is 32.2. The largest absolute Gasteiger partial charge is 0.477 e. The van der Waals surface area contributed by atoms with Gasteiger partial charge in [-0.25, -0.2) is 9.78 Å². The molecule has 3 heterocycles. The summed E-state index contributed by atoms with van der Waals surface area (Å²) in [6, 6.07) is 57.1. The Labute approximate surface area is 311 Å². The maximum absolute atomic E-state index is 10.6. The number of aromatic nitrogens is 7. The maximum atomic E-state index is 10.6. The molecular weight excluding hydrogens is 827 g/mol. The van der Waals surface area contributed by atoms with Gasteiger partial charge in [0.1, 0.15) is 27.8 Å². The molecule has 0 fully saturated rings. The normalized spacial score (nSPS) is 10.7. The van der Waals surface area contributed by atoms with Gasteiger partial charge in [-0.2, -0.15) is 66.4 Å². The number of hydrogen-bond acceptors (Lipinski definition) is 6. The van der Waals surface area contributed by atoms with Crippen molar-refractivity contribution < 1.29 is 30.0 Å². The number of hydrogen-bond donors (Lipinski definition) is 1. The molecule has 10 heteroatoms. The molecule has 0 spiro atoms. The summed E-state index contributed by atoms with van der Waals surface area (Å²) >= 11 is 0. The Bertz CT molecular complexity index is 2610. The summed E-state index contributed by atoms with van der Waals surface area (Å²) in [5.41, 5.74) is 6.13. The van der Waals surface area contributed by atoms with Crippen LogP contribution in [0.2, 0.25) is 0 Å². The fourth-order valence-corrected chi connectivity index (χ4v) is 5.73. The van der Waals surface area contributed by atoms with Gasteiger partial charge < -0.3 is 5.11 Å². The van der Waals surface area contributed by atoms with E-state index in [-0.39, 0.29) is 25.8 Å². The van der Waals surface area contributed by atoms with E-state index in [0.29, 0.717) is 5.52 Å². The number of carboxylic acids is 1. The molecule has 52 heavy (non-hydrogen) atoms. The first-order valence-corrected chi connectivity index (χ1v) is 16.1. The number of carbonyl (C=O) groups is 1. The van der Waals surface area contributed by atoms with Crippen molar-refractivity contribution in [2.24, 2.45) is 0 Å². The quantitative estimate of drug-likeness (QED) is 0.177. The Morgan fingerprint density at radius 3 is 1.29 bits per heavy atom. The fraction of sp³-hybridized carbons (Fsp3) is 0. The van der Waals surface area contributed by atoms with Crippen LogP contribution in [0.25, 0.3) is 65.9 Å². The number of para-hydroxylation sites is 1. The van der Waals surface area contributed by atoms with Crippen LogP contribution in [-0.2, 0) is 20.1 Å². The van der Waals surface area contributed by atoms with Gasteiger partial charge in [0.2, 0.25) is 0 Å². The Balaban J connectivity index is 0.000000123. The second kappa shape index (κ2) is 15.1. The Morgan fingerprint density at radius 1 is 0.462 bits per heavy atom. The van der Waals surface area contributed by atoms with E-state index in [1.54, 1.807) is 21.7 Å². The monoisotopic (exact) mass is 854 g/mol. The number of nitrogens with zero attached hydrogens (tertiary/aromatic N) is 7. The minimum absolute atomic E-state index is 0. The third-order valence-corrected chi connectivity index (χ3v) is 8.19. The molecule has 0 unspecified atom stereocenters. The van der Waals surface area contributed by atoms with Gasteiger partial charge in [0, 0.05) is 25.5 Å². The molecule has 1 N–H and O–H groups in total. The Kier molecular flexibility index (Phi) is 9.84. The number of aromatic carboxylic acids is 1. The van der Waals surface area contributed by atoms with Crippen LogP contribution in [0.15, 0.2) is 158 Å². The summed E-state index contributed by atoms with van der Waals surface area (Å²) in [6.45, 7) is 0. The van der Waals surface area contributed by atoms with Crippen molar-refractivity contribution in [1.82, 2.24) is 35.0 Å². The molecule has 10 rings (SSSR count). The van der Waals surface area contributed by atoms with Crippen molar-refractivity contribution in [3.63, 3.8) is 0 Å². The minimum atomic E-state index is -0.995. The molecule has 0 saturated carbocycles. The molecular formula is C42H27IrN7O2-2. The molecule has 0 aliphatic carbocycles. The summed E-state index contributed by atoms with van der Waals surface area (Å²) in [4.78, 5) is 17.9. The number of pyridine rings is 1. The van der Waals surface area contributed by atoms with Crippen LogP contribution in [-0.4, -0.2) is 46.0 Å². The first kappa shape index (κ1) is 33.9. The van der Waals surface area contributed by atoms with Crippen LogP contribution in [0.1, 0.15) is 10.5 Å². The van der Waals surface area contributed by atoms with E-state index in [1.165, 1.54) is 6.07 Å². The van der Waals surface area contributed by atoms with Crippen LogP contribution >= 0.6 is 0 Å². The van der Waals surface area contributed by atoms with Crippen molar-refractivity contribution in [3.8, 4) is 11.4 Å². The molecule has 9 nitrogen and oxygen atoms in total.